The van der Waals surface area contributed by atoms with E-state index in [2.05, 4.69) is 17.9 Å². The van der Waals surface area contributed by atoms with Gasteiger partial charge in [0.15, 0.2) is 0 Å². The average molecular weight is 282 g/mol. The van der Waals surface area contributed by atoms with Crippen molar-refractivity contribution in [3.05, 3.63) is 0 Å². The molecule has 1 fully saturated rings. The van der Waals surface area contributed by atoms with Crippen LogP contribution in [0.2, 0.25) is 0 Å². The van der Waals surface area contributed by atoms with Crippen LogP contribution >= 0.6 is 0 Å². The fourth-order valence-electron chi connectivity index (χ4n) is 2.63. The van der Waals surface area contributed by atoms with Crippen LogP contribution in [0.3, 0.4) is 0 Å². The Morgan fingerprint density at radius 3 is 2.70 bits per heavy atom. The van der Waals surface area contributed by atoms with Gasteiger partial charge in [-0.15, -0.1) is 0 Å². The highest BCUT2D eigenvalue weighted by Gasteiger charge is 2.37. The number of hydrogen-bond acceptors (Lipinski definition) is 4. The van der Waals surface area contributed by atoms with E-state index in [1.165, 1.54) is 0 Å². The molecule has 0 radical (unpaired) electrons. The number of likely N-dealkylation sites (N-methyl/N-ethyl adjacent to an activating group) is 1. The molecule has 0 saturated carbocycles. The largest absolute Gasteiger partial charge is 0.481 e. The van der Waals surface area contributed by atoms with Gasteiger partial charge in [0.1, 0.15) is 0 Å². The number of aliphatic carboxylic acids is 1. The number of unbranched alkanes of at least 4 members (excludes halogenated alkanes) is 1. The first-order chi connectivity index (χ1) is 9.41. The molecule has 1 heterocycles. The number of ether oxygens (including phenoxy) is 1. The lowest BCUT2D eigenvalue weighted by Gasteiger charge is -2.29. The molecule has 0 aromatic rings. The third kappa shape index (κ3) is 4.77. The molecule has 0 aromatic carbocycles. The van der Waals surface area contributed by atoms with E-state index in [9.17, 15) is 9.90 Å². The average Bonchev–Trinajstić information content (AvgIpc) is 2.88. The lowest BCUT2D eigenvalue weighted by Crippen LogP contribution is -2.43. The summed E-state index contributed by atoms with van der Waals surface area (Å²) in [5, 5.41) is 18.2. The summed E-state index contributed by atoms with van der Waals surface area (Å²) in [4.78, 5) is 13.4. The van der Waals surface area contributed by atoms with Gasteiger partial charge in [-0.05, 0) is 39.8 Å². The molecular formula is C15H26N2O3. The van der Waals surface area contributed by atoms with Crippen LogP contribution in [0.1, 0.15) is 40.0 Å². The number of nitriles is 1. The van der Waals surface area contributed by atoms with Crippen molar-refractivity contribution in [1.82, 2.24) is 4.90 Å². The fourth-order valence-corrected chi connectivity index (χ4v) is 2.63. The predicted molar refractivity (Wildman–Crippen MR) is 76.2 cm³/mol. The first-order valence-corrected chi connectivity index (χ1v) is 7.37. The van der Waals surface area contributed by atoms with Crippen molar-refractivity contribution in [2.24, 2.45) is 11.3 Å². The number of carboxylic acids is 1. The third-order valence-electron chi connectivity index (χ3n) is 4.04. The summed E-state index contributed by atoms with van der Waals surface area (Å²) in [5.74, 6) is -1.18. The summed E-state index contributed by atoms with van der Waals surface area (Å²) < 4.78 is 5.33. The molecule has 1 aliphatic rings. The highest BCUT2D eigenvalue weighted by molar-refractivity contribution is 5.71. The summed E-state index contributed by atoms with van der Waals surface area (Å²) in [5.41, 5.74) is -0.267. The minimum atomic E-state index is -0.767. The van der Waals surface area contributed by atoms with Gasteiger partial charge in [0, 0.05) is 6.04 Å². The maximum atomic E-state index is 11.2. The maximum absolute atomic E-state index is 11.2. The Hall–Kier alpha value is -1.12. The zero-order valence-corrected chi connectivity index (χ0v) is 12.8. The maximum Gasteiger partial charge on any atom is 0.310 e. The number of carbonyl (C=O) groups is 1. The van der Waals surface area contributed by atoms with Crippen molar-refractivity contribution in [3.8, 4) is 6.07 Å². The van der Waals surface area contributed by atoms with Crippen LogP contribution < -0.4 is 0 Å². The Labute approximate surface area is 121 Å². The fraction of sp³-hybridized carbons (Fsp3) is 0.867. The summed E-state index contributed by atoms with van der Waals surface area (Å²) in [6.45, 7) is 8.49. The van der Waals surface area contributed by atoms with Crippen molar-refractivity contribution < 1.29 is 14.6 Å². The lowest BCUT2D eigenvalue weighted by molar-refractivity contribution is -0.143. The van der Waals surface area contributed by atoms with Crippen molar-refractivity contribution in [2.45, 2.75) is 46.1 Å². The molecule has 1 aliphatic heterocycles. The first kappa shape index (κ1) is 16.9. The molecule has 0 spiro atoms. The van der Waals surface area contributed by atoms with Crippen LogP contribution in [0.25, 0.3) is 0 Å². The smallest absolute Gasteiger partial charge is 0.310 e. The second kappa shape index (κ2) is 7.61. The minimum absolute atomic E-state index is 0.0125. The van der Waals surface area contributed by atoms with Gasteiger partial charge in [0.2, 0.25) is 0 Å². The Balaban J connectivity index is 2.40. The van der Waals surface area contributed by atoms with E-state index in [0.29, 0.717) is 13.2 Å². The molecule has 0 bridgehead atoms. The summed E-state index contributed by atoms with van der Waals surface area (Å²) >= 11 is 0. The van der Waals surface area contributed by atoms with Gasteiger partial charge in [0.05, 0.1) is 30.6 Å². The lowest BCUT2D eigenvalue weighted by atomic mass is 9.89. The predicted octanol–water partition coefficient (Wildman–Crippen LogP) is 2.13. The van der Waals surface area contributed by atoms with Crippen LogP contribution in [0.5, 0.6) is 0 Å². The SMILES string of the molecule is CCN(CCCCC(C)(C)C#N)C1COCC1C(=O)O. The van der Waals surface area contributed by atoms with Crippen LogP contribution in [-0.4, -0.2) is 48.3 Å². The van der Waals surface area contributed by atoms with Gasteiger partial charge in [-0.3, -0.25) is 9.69 Å². The van der Waals surface area contributed by atoms with E-state index in [1.807, 2.05) is 13.8 Å². The standard InChI is InChI=1S/C15H26N2O3/c1-4-17(8-6-5-7-15(2,3)11-16)13-10-20-9-12(13)14(18)19/h12-13H,4-10H2,1-3H3,(H,18,19). The van der Waals surface area contributed by atoms with E-state index >= 15 is 0 Å². The molecule has 5 nitrogen and oxygen atoms in total. The summed E-state index contributed by atoms with van der Waals surface area (Å²) in [6.07, 6.45) is 2.86. The molecular weight excluding hydrogens is 256 g/mol. The van der Waals surface area contributed by atoms with Gasteiger partial charge < -0.3 is 9.84 Å². The molecule has 1 N–H and O–H groups in total. The molecule has 0 aromatic heterocycles. The van der Waals surface area contributed by atoms with Gasteiger partial charge in [0.25, 0.3) is 0 Å². The van der Waals surface area contributed by atoms with E-state index in [-0.39, 0.29) is 11.5 Å². The molecule has 0 amide bonds. The molecule has 5 heteroatoms. The molecule has 0 aliphatic carbocycles. The third-order valence-corrected chi connectivity index (χ3v) is 4.04. The summed E-state index contributed by atoms with van der Waals surface area (Å²) in [6, 6.07) is 2.30. The molecule has 1 saturated heterocycles. The van der Waals surface area contributed by atoms with Crippen molar-refractivity contribution in [3.63, 3.8) is 0 Å². The molecule has 2 unspecified atom stereocenters. The van der Waals surface area contributed by atoms with Crippen molar-refractivity contribution in [1.29, 1.82) is 5.26 Å². The highest BCUT2D eigenvalue weighted by Crippen LogP contribution is 2.23. The van der Waals surface area contributed by atoms with Crippen LogP contribution in [0.4, 0.5) is 0 Å². The minimum Gasteiger partial charge on any atom is -0.481 e. The molecule has 114 valence electrons. The van der Waals surface area contributed by atoms with Gasteiger partial charge in [-0.2, -0.15) is 5.26 Å². The van der Waals surface area contributed by atoms with Gasteiger partial charge in [-0.1, -0.05) is 13.3 Å². The molecule has 1 rings (SSSR count). The highest BCUT2D eigenvalue weighted by atomic mass is 16.5. The van der Waals surface area contributed by atoms with E-state index in [4.69, 9.17) is 10.00 Å². The van der Waals surface area contributed by atoms with Gasteiger partial charge in [-0.25, -0.2) is 0 Å². The summed E-state index contributed by atoms with van der Waals surface area (Å²) in [7, 11) is 0. The van der Waals surface area contributed by atoms with E-state index < -0.39 is 11.9 Å². The molecule has 2 atom stereocenters. The normalized spacial score (nSPS) is 22.9. The second-order valence-corrected chi connectivity index (χ2v) is 6.13. The van der Waals surface area contributed by atoms with Gasteiger partial charge >= 0.3 is 5.97 Å². The zero-order chi connectivity index (χ0) is 15.2. The van der Waals surface area contributed by atoms with Crippen LogP contribution in [-0.2, 0) is 9.53 Å². The Morgan fingerprint density at radius 2 is 2.15 bits per heavy atom. The zero-order valence-electron chi connectivity index (χ0n) is 12.8. The second-order valence-electron chi connectivity index (χ2n) is 6.13. The topological polar surface area (TPSA) is 73.6 Å². The van der Waals surface area contributed by atoms with Crippen LogP contribution in [0, 0.1) is 22.7 Å². The van der Waals surface area contributed by atoms with E-state index in [0.717, 1.165) is 32.4 Å². The van der Waals surface area contributed by atoms with Crippen LogP contribution in [0.15, 0.2) is 0 Å². The number of nitrogens with zero attached hydrogens (tertiary/aromatic N) is 2. The Morgan fingerprint density at radius 1 is 1.45 bits per heavy atom. The molecule has 20 heavy (non-hydrogen) atoms. The van der Waals surface area contributed by atoms with Crippen molar-refractivity contribution >= 4 is 5.97 Å². The Bertz CT molecular complexity index is 363. The monoisotopic (exact) mass is 282 g/mol. The quantitative estimate of drug-likeness (QED) is 0.690. The van der Waals surface area contributed by atoms with E-state index in [1.54, 1.807) is 0 Å². The van der Waals surface area contributed by atoms with Crippen molar-refractivity contribution in [2.75, 3.05) is 26.3 Å². The number of carboxylic acid groups (broad SMARTS) is 1. The number of rotatable bonds is 8. The number of hydrogen-bond donors (Lipinski definition) is 1. The first-order valence-electron chi connectivity index (χ1n) is 7.37. The Kier molecular flexibility index (Phi) is 6.44.